The van der Waals surface area contributed by atoms with Crippen LogP contribution in [0.2, 0.25) is 0 Å². The van der Waals surface area contributed by atoms with Crippen molar-refractivity contribution in [2.45, 2.75) is 10.8 Å². The average Bonchev–Trinajstić information content (AvgIpc) is 2.53. The number of hydrogen-bond acceptors (Lipinski definition) is 5. The zero-order valence-electron chi connectivity index (χ0n) is 11.2. The Bertz CT molecular complexity index is 797. The lowest BCUT2D eigenvalue weighted by molar-refractivity contribution is 1.10. The number of benzene rings is 1. The van der Waals surface area contributed by atoms with E-state index in [2.05, 4.69) is 15.0 Å². The summed E-state index contributed by atoms with van der Waals surface area (Å²) in [6.45, 7) is 0. The number of nitrogens with one attached hydrogen (secondary N) is 1. The van der Waals surface area contributed by atoms with Gasteiger partial charge in [0.2, 0.25) is 0 Å². The number of nitrogen functional groups attached to an aromatic ring is 1. The normalized spacial score (nSPS) is 10.7. The van der Waals surface area contributed by atoms with Crippen molar-refractivity contribution in [3.63, 3.8) is 0 Å². The van der Waals surface area contributed by atoms with Gasteiger partial charge < -0.3 is 5.73 Å². The summed E-state index contributed by atoms with van der Waals surface area (Å²) in [6.07, 6.45) is 3.25. The molecule has 6 heteroatoms. The van der Waals surface area contributed by atoms with Crippen molar-refractivity contribution >= 4 is 28.5 Å². The summed E-state index contributed by atoms with van der Waals surface area (Å²) in [5, 5.41) is 9.42. The third kappa shape index (κ3) is 3.00. The van der Waals surface area contributed by atoms with Gasteiger partial charge in [-0.3, -0.25) is 10.4 Å². The van der Waals surface area contributed by atoms with Crippen LogP contribution in [0.1, 0.15) is 11.3 Å². The standard InChI is InChI=1S/C15H13N5S/c16-14(17)13-7-10(5-6-18-13)8-21-15-11-3-1-2-4-12(11)19-9-20-15/h1-7,9H,8H2,(H3,16,17). The van der Waals surface area contributed by atoms with Crippen molar-refractivity contribution in [2.24, 2.45) is 5.73 Å². The summed E-state index contributed by atoms with van der Waals surface area (Å²) in [4.78, 5) is 12.7. The van der Waals surface area contributed by atoms with Crippen LogP contribution in [0.25, 0.3) is 10.9 Å². The minimum absolute atomic E-state index is 0.0191. The maximum Gasteiger partial charge on any atom is 0.141 e. The van der Waals surface area contributed by atoms with Gasteiger partial charge in [-0.25, -0.2) is 9.97 Å². The second kappa shape index (κ2) is 5.88. The van der Waals surface area contributed by atoms with Crippen LogP contribution in [0.3, 0.4) is 0 Å². The molecule has 0 spiro atoms. The topological polar surface area (TPSA) is 88.5 Å². The van der Waals surface area contributed by atoms with Gasteiger partial charge in [-0.15, -0.1) is 11.8 Å². The van der Waals surface area contributed by atoms with Gasteiger partial charge >= 0.3 is 0 Å². The number of amidine groups is 1. The highest BCUT2D eigenvalue weighted by molar-refractivity contribution is 7.98. The number of rotatable bonds is 4. The van der Waals surface area contributed by atoms with Crippen LogP contribution < -0.4 is 5.73 Å². The lowest BCUT2D eigenvalue weighted by Crippen LogP contribution is -2.13. The van der Waals surface area contributed by atoms with E-state index in [0.717, 1.165) is 27.2 Å². The van der Waals surface area contributed by atoms with E-state index in [0.29, 0.717) is 5.69 Å². The van der Waals surface area contributed by atoms with Crippen LogP contribution in [0.5, 0.6) is 0 Å². The molecule has 2 heterocycles. The Kier molecular flexibility index (Phi) is 3.79. The Morgan fingerprint density at radius 2 is 2.00 bits per heavy atom. The molecule has 2 aromatic heterocycles. The summed E-state index contributed by atoms with van der Waals surface area (Å²) < 4.78 is 0. The third-order valence-electron chi connectivity index (χ3n) is 2.98. The molecule has 5 nitrogen and oxygen atoms in total. The van der Waals surface area contributed by atoms with Gasteiger partial charge in [0.1, 0.15) is 22.9 Å². The quantitative estimate of drug-likeness (QED) is 0.334. The monoisotopic (exact) mass is 295 g/mol. The summed E-state index contributed by atoms with van der Waals surface area (Å²) >= 11 is 1.63. The molecule has 0 saturated carbocycles. The van der Waals surface area contributed by atoms with E-state index >= 15 is 0 Å². The lowest BCUT2D eigenvalue weighted by atomic mass is 10.2. The molecule has 3 rings (SSSR count). The van der Waals surface area contributed by atoms with E-state index in [4.69, 9.17) is 11.1 Å². The fraction of sp³-hybridized carbons (Fsp3) is 0.0667. The number of nitrogens with zero attached hydrogens (tertiary/aromatic N) is 3. The second-order valence-electron chi connectivity index (χ2n) is 4.45. The van der Waals surface area contributed by atoms with Crippen molar-refractivity contribution in [2.75, 3.05) is 0 Å². The molecule has 0 aliphatic carbocycles. The van der Waals surface area contributed by atoms with Gasteiger partial charge in [0.05, 0.1) is 5.52 Å². The molecule has 3 N–H and O–H groups in total. The summed E-state index contributed by atoms with van der Waals surface area (Å²) in [5.41, 5.74) is 7.96. The number of nitrogens with two attached hydrogens (primary N) is 1. The summed E-state index contributed by atoms with van der Waals surface area (Å²) in [7, 11) is 0. The van der Waals surface area contributed by atoms with Gasteiger partial charge in [-0.05, 0) is 23.8 Å². The van der Waals surface area contributed by atoms with Gasteiger partial charge in [0, 0.05) is 17.3 Å². The molecule has 1 aromatic carbocycles. The molecular weight excluding hydrogens is 282 g/mol. The maximum absolute atomic E-state index is 7.42. The minimum atomic E-state index is -0.0191. The molecular formula is C15H13N5S. The van der Waals surface area contributed by atoms with Crippen LogP contribution in [0, 0.1) is 5.41 Å². The number of aromatic nitrogens is 3. The molecule has 3 aromatic rings. The summed E-state index contributed by atoms with van der Waals surface area (Å²) in [6, 6.07) is 11.7. The highest BCUT2D eigenvalue weighted by Gasteiger charge is 2.05. The Balaban J connectivity index is 1.84. The van der Waals surface area contributed by atoms with Gasteiger partial charge in [-0.1, -0.05) is 18.2 Å². The predicted octanol–water partition coefficient (Wildman–Crippen LogP) is 2.60. The molecule has 0 fully saturated rings. The number of pyridine rings is 1. The van der Waals surface area contributed by atoms with Crippen molar-refractivity contribution in [3.8, 4) is 0 Å². The van der Waals surface area contributed by atoms with Crippen molar-refractivity contribution in [1.82, 2.24) is 15.0 Å². The average molecular weight is 295 g/mol. The van der Waals surface area contributed by atoms with E-state index in [1.807, 2.05) is 36.4 Å². The number of hydrogen-bond donors (Lipinski definition) is 2. The summed E-state index contributed by atoms with van der Waals surface area (Å²) in [5.74, 6) is 0.721. The molecule has 0 aliphatic rings. The maximum atomic E-state index is 7.42. The molecule has 0 atom stereocenters. The highest BCUT2D eigenvalue weighted by atomic mass is 32.2. The molecule has 0 aliphatic heterocycles. The largest absolute Gasteiger partial charge is 0.382 e. The smallest absolute Gasteiger partial charge is 0.141 e. The van der Waals surface area contributed by atoms with E-state index in [1.165, 1.54) is 0 Å². The molecule has 0 radical (unpaired) electrons. The first-order valence-corrected chi connectivity index (χ1v) is 7.34. The van der Waals surface area contributed by atoms with Gasteiger partial charge in [0.25, 0.3) is 0 Å². The molecule has 0 amide bonds. The molecule has 21 heavy (non-hydrogen) atoms. The lowest BCUT2D eigenvalue weighted by Gasteiger charge is -2.05. The van der Waals surface area contributed by atoms with Crippen molar-refractivity contribution < 1.29 is 0 Å². The fourth-order valence-corrected chi connectivity index (χ4v) is 2.89. The Morgan fingerprint density at radius 1 is 1.14 bits per heavy atom. The zero-order valence-corrected chi connectivity index (χ0v) is 12.0. The predicted molar refractivity (Wildman–Crippen MR) is 84.4 cm³/mol. The molecule has 0 bridgehead atoms. The minimum Gasteiger partial charge on any atom is -0.382 e. The van der Waals surface area contributed by atoms with Crippen LogP contribution in [0.15, 0.2) is 53.9 Å². The number of thioether (sulfide) groups is 1. The van der Waals surface area contributed by atoms with Crippen LogP contribution in [-0.2, 0) is 5.75 Å². The first kappa shape index (κ1) is 13.5. The van der Waals surface area contributed by atoms with Crippen molar-refractivity contribution in [1.29, 1.82) is 5.41 Å². The second-order valence-corrected chi connectivity index (χ2v) is 5.41. The highest BCUT2D eigenvalue weighted by Crippen LogP contribution is 2.27. The SMILES string of the molecule is N=C(N)c1cc(CSc2ncnc3ccccc23)ccn1. The van der Waals surface area contributed by atoms with Crippen LogP contribution in [-0.4, -0.2) is 20.8 Å². The fourth-order valence-electron chi connectivity index (χ4n) is 1.96. The Labute approximate surface area is 126 Å². The molecule has 104 valence electrons. The zero-order chi connectivity index (χ0) is 14.7. The third-order valence-corrected chi connectivity index (χ3v) is 4.06. The molecule has 0 saturated heterocycles. The number of para-hydroxylation sites is 1. The first-order valence-electron chi connectivity index (χ1n) is 6.36. The van der Waals surface area contributed by atoms with E-state index in [1.54, 1.807) is 24.3 Å². The van der Waals surface area contributed by atoms with Crippen LogP contribution in [0.4, 0.5) is 0 Å². The van der Waals surface area contributed by atoms with Crippen molar-refractivity contribution in [3.05, 3.63) is 60.2 Å². The van der Waals surface area contributed by atoms with E-state index in [9.17, 15) is 0 Å². The van der Waals surface area contributed by atoms with Gasteiger partial charge in [-0.2, -0.15) is 0 Å². The Morgan fingerprint density at radius 3 is 2.86 bits per heavy atom. The van der Waals surface area contributed by atoms with E-state index in [-0.39, 0.29) is 5.84 Å². The number of fused-ring (bicyclic) bond motifs is 1. The first-order chi connectivity index (χ1) is 10.2. The molecule has 0 unspecified atom stereocenters. The Hall–Kier alpha value is -2.47. The van der Waals surface area contributed by atoms with E-state index < -0.39 is 0 Å². The van der Waals surface area contributed by atoms with Gasteiger partial charge in [0.15, 0.2) is 0 Å². The van der Waals surface area contributed by atoms with Crippen LogP contribution >= 0.6 is 11.8 Å².